The van der Waals surface area contributed by atoms with Crippen LogP contribution in [-0.2, 0) is 16.1 Å². The number of aromatic nitrogens is 1. The highest BCUT2D eigenvalue weighted by Gasteiger charge is 2.39. The molecular formula is C22H14F3N3O2. The standard InChI is InChI=1S/C22H14F3N3O2/c23-15-5-3-14(4-6-15)19-20(27-16-7-8-17(24)18(25)10-16)22(30)28(21(19)29)12-13-2-1-9-26-11-13/h1-11,27H,12H2. The van der Waals surface area contributed by atoms with E-state index in [4.69, 9.17) is 0 Å². The van der Waals surface area contributed by atoms with Crippen LogP contribution < -0.4 is 5.32 Å². The van der Waals surface area contributed by atoms with Crippen molar-refractivity contribution >= 4 is 23.1 Å². The van der Waals surface area contributed by atoms with E-state index in [2.05, 4.69) is 10.3 Å². The second kappa shape index (κ2) is 7.82. The van der Waals surface area contributed by atoms with Gasteiger partial charge < -0.3 is 5.32 Å². The molecular weight excluding hydrogens is 395 g/mol. The molecule has 1 N–H and O–H groups in total. The third-order valence-corrected chi connectivity index (χ3v) is 4.55. The van der Waals surface area contributed by atoms with Gasteiger partial charge in [0.25, 0.3) is 11.8 Å². The number of halogens is 3. The summed E-state index contributed by atoms with van der Waals surface area (Å²) in [6, 6.07) is 11.5. The van der Waals surface area contributed by atoms with Crippen molar-refractivity contribution in [3.05, 3.63) is 101 Å². The van der Waals surface area contributed by atoms with Gasteiger partial charge in [-0.25, -0.2) is 13.2 Å². The summed E-state index contributed by atoms with van der Waals surface area (Å²) in [5.74, 6) is -3.89. The minimum atomic E-state index is -1.10. The van der Waals surface area contributed by atoms with Crippen molar-refractivity contribution in [2.24, 2.45) is 0 Å². The van der Waals surface area contributed by atoms with E-state index in [1.807, 2.05) is 0 Å². The summed E-state index contributed by atoms with van der Waals surface area (Å²) >= 11 is 0. The lowest BCUT2D eigenvalue weighted by molar-refractivity contribution is -0.137. The molecule has 0 radical (unpaired) electrons. The number of carbonyl (C=O) groups excluding carboxylic acids is 2. The Kier molecular flexibility index (Phi) is 5.05. The number of carbonyl (C=O) groups is 2. The predicted octanol–water partition coefficient (Wildman–Crippen LogP) is 3.89. The van der Waals surface area contributed by atoms with Gasteiger partial charge in [0, 0.05) is 24.1 Å². The lowest BCUT2D eigenvalue weighted by atomic mass is 10.0. The van der Waals surface area contributed by atoms with E-state index >= 15 is 0 Å². The molecule has 8 heteroatoms. The Morgan fingerprint density at radius 2 is 1.67 bits per heavy atom. The van der Waals surface area contributed by atoms with Crippen LogP contribution in [0.25, 0.3) is 5.57 Å². The summed E-state index contributed by atoms with van der Waals surface area (Å²) in [6.07, 6.45) is 3.09. The Hall–Kier alpha value is -3.94. The van der Waals surface area contributed by atoms with Gasteiger partial charge in [0.15, 0.2) is 11.6 Å². The van der Waals surface area contributed by atoms with Gasteiger partial charge in [0.2, 0.25) is 0 Å². The number of nitrogens with one attached hydrogen (secondary N) is 1. The predicted molar refractivity (Wildman–Crippen MR) is 103 cm³/mol. The largest absolute Gasteiger partial charge is 0.350 e. The molecule has 2 heterocycles. The van der Waals surface area contributed by atoms with E-state index in [0.717, 1.165) is 17.0 Å². The molecule has 1 aliphatic rings. The fraction of sp³-hybridized carbons (Fsp3) is 0.0455. The Balaban J connectivity index is 1.75. The maximum atomic E-state index is 13.6. The van der Waals surface area contributed by atoms with Crippen molar-refractivity contribution in [2.45, 2.75) is 6.54 Å². The summed E-state index contributed by atoms with van der Waals surface area (Å²) < 4.78 is 40.2. The first-order valence-corrected chi connectivity index (χ1v) is 8.91. The SMILES string of the molecule is O=C1C(Nc2ccc(F)c(F)c2)=C(c2ccc(F)cc2)C(=O)N1Cc1cccnc1. The lowest BCUT2D eigenvalue weighted by Crippen LogP contribution is -2.32. The first-order chi connectivity index (χ1) is 14.4. The maximum absolute atomic E-state index is 13.6. The minimum absolute atomic E-state index is 0.00798. The van der Waals surface area contributed by atoms with Crippen LogP contribution in [0, 0.1) is 17.5 Å². The Bertz CT molecular complexity index is 1160. The van der Waals surface area contributed by atoms with Crippen LogP contribution in [0.1, 0.15) is 11.1 Å². The van der Waals surface area contributed by atoms with Gasteiger partial charge in [-0.2, -0.15) is 0 Å². The zero-order valence-electron chi connectivity index (χ0n) is 15.4. The second-order valence-corrected chi connectivity index (χ2v) is 6.57. The molecule has 1 aliphatic heterocycles. The first-order valence-electron chi connectivity index (χ1n) is 8.91. The van der Waals surface area contributed by atoms with Gasteiger partial charge in [-0.15, -0.1) is 0 Å². The van der Waals surface area contributed by atoms with E-state index in [1.165, 1.54) is 36.5 Å². The summed E-state index contributed by atoms with van der Waals surface area (Å²) in [4.78, 5) is 31.1. The number of nitrogens with zero attached hydrogens (tertiary/aromatic N) is 2. The molecule has 0 unspecified atom stereocenters. The van der Waals surface area contributed by atoms with Gasteiger partial charge in [0.05, 0.1) is 12.1 Å². The summed E-state index contributed by atoms with van der Waals surface area (Å²) in [5.41, 5.74) is 0.934. The molecule has 1 aromatic heterocycles. The van der Waals surface area contributed by atoms with Gasteiger partial charge in [-0.3, -0.25) is 19.5 Å². The van der Waals surface area contributed by atoms with Crippen molar-refractivity contribution in [1.29, 1.82) is 0 Å². The second-order valence-electron chi connectivity index (χ2n) is 6.57. The van der Waals surface area contributed by atoms with E-state index in [0.29, 0.717) is 11.1 Å². The van der Waals surface area contributed by atoms with Gasteiger partial charge in [-0.05, 0) is 41.5 Å². The fourth-order valence-corrected chi connectivity index (χ4v) is 3.11. The molecule has 0 spiro atoms. The van der Waals surface area contributed by atoms with E-state index in [-0.39, 0.29) is 23.5 Å². The monoisotopic (exact) mass is 409 g/mol. The molecule has 0 aliphatic carbocycles. The van der Waals surface area contributed by atoms with Crippen molar-refractivity contribution in [2.75, 3.05) is 5.32 Å². The molecule has 30 heavy (non-hydrogen) atoms. The molecule has 150 valence electrons. The number of pyridine rings is 1. The fourth-order valence-electron chi connectivity index (χ4n) is 3.11. The van der Waals surface area contributed by atoms with Gasteiger partial charge >= 0.3 is 0 Å². The van der Waals surface area contributed by atoms with E-state index in [9.17, 15) is 22.8 Å². The molecule has 0 saturated heterocycles. The average molecular weight is 409 g/mol. The molecule has 0 atom stereocenters. The third kappa shape index (κ3) is 3.67. The molecule has 5 nitrogen and oxygen atoms in total. The highest BCUT2D eigenvalue weighted by Crippen LogP contribution is 2.31. The minimum Gasteiger partial charge on any atom is -0.350 e. The van der Waals surface area contributed by atoms with E-state index in [1.54, 1.807) is 18.3 Å². The number of rotatable bonds is 5. The summed E-state index contributed by atoms with van der Waals surface area (Å²) in [7, 11) is 0. The number of benzene rings is 2. The maximum Gasteiger partial charge on any atom is 0.278 e. The summed E-state index contributed by atoms with van der Waals surface area (Å²) in [5, 5.41) is 2.72. The van der Waals surface area contributed by atoms with Crippen LogP contribution in [0.15, 0.2) is 72.7 Å². The van der Waals surface area contributed by atoms with Crippen molar-refractivity contribution < 1.29 is 22.8 Å². The van der Waals surface area contributed by atoms with Gasteiger partial charge in [-0.1, -0.05) is 18.2 Å². The molecule has 0 bridgehead atoms. The zero-order chi connectivity index (χ0) is 21.3. The van der Waals surface area contributed by atoms with Crippen LogP contribution in [0.2, 0.25) is 0 Å². The number of hydrogen-bond donors (Lipinski definition) is 1. The number of imide groups is 1. The van der Waals surface area contributed by atoms with E-state index < -0.39 is 29.3 Å². The Morgan fingerprint density at radius 1 is 0.900 bits per heavy atom. The highest BCUT2D eigenvalue weighted by atomic mass is 19.2. The summed E-state index contributed by atoms with van der Waals surface area (Å²) in [6.45, 7) is -0.0286. The highest BCUT2D eigenvalue weighted by molar-refractivity contribution is 6.36. The molecule has 2 amide bonds. The lowest BCUT2D eigenvalue weighted by Gasteiger charge is -2.15. The molecule has 0 fully saturated rings. The van der Waals surface area contributed by atoms with Gasteiger partial charge in [0.1, 0.15) is 11.5 Å². The number of amides is 2. The molecule has 0 saturated carbocycles. The first kappa shape index (κ1) is 19.4. The molecule has 3 aromatic rings. The van der Waals surface area contributed by atoms with Crippen LogP contribution in [0.4, 0.5) is 18.9 Å². The van der Waals surface area contributed by atoms with Crippen molar-refractivity contribution in [3.63, 3.8) is 0 Å². The third-order valence-electron chi connectivity index (χ3n) is 4.55. The van der Waals surface area contributed by atoms with Crippen LogP contribution in [-0.4, -0.2) is 21.7 Å². The van der Waals surface area contributed by atoms with Crippen molar-refractivity contribution in [3.8, 4) is 0 Å². The molecule has 4 rings (SSSR count). The Morgan fingerprint density at radius 3 is 2.33 bits per heavy atom. The Labute approximate surface area is 169 Å². The van der Waals surface area contributed by atoms with Crippen LogP contribution >= 0.6 is 0 Å². The number of anilines is 1. The topological polar surface area (TPSA) is 62.3 Å². The molecule has 2 aromatic carbocycles. The zero-order valence-corrected chi connectivity index (χ0v) is 15.4. The normalized spacial score (nSPS) is 13.9. The van der Waals surface area contributed by atoms with Crippen molar-refractivity contribution in [1.82, 2.24) is 9.88 Å². The smallest absolute Gasteiger partial charge is 0.278 e. The quantitative estimate of drug-likeness (QED) is 0.650. The number of hydrogen-bond acceptors (Lipinski definition) is 4. The van der Waals surface area contributed by atoms with Crippen LogP contribution in [0.5, 0.6) is 0 Å². The average Bonchev–Trinajstić information content (AvgIpc) is 2.96. The van der Waals surface area contributed by atoms with Crippen LogP contribution in [0.3, 0.4) is 0 Å².